The highest BCUT2D eigenvalue weighted by atomic mass is 32.2. The van der Waals surface area contributed by atoms with Gasteiger partial charge in [-0.1, -0.05) is 30.8 Å². The predicted molar refractivity (Wildman–Crippen MR) is 124 cm³/mol. The number of nitrogens with one attached hydrogen (secondary N) is 2. The van der Waals surface area contributed by atoms with Gasteiger partial charge in [-0.3, -0.25) is 14.4 Å². The van der Waals surface area contributed by atoms with Gasteiger partial charge in [0.1, 0.15) is 11.7 Å². The molecule has 2 atom stereocenters. The molecule has 11 heteroatoms. The molecule has 1 aliphatic heterocycles. The van der Waals surface area contributed by atoms with Crippen LogP contribution in [-0.2, 0) is 16.1 Å². The standard InChI is InChI=1S/C22H32N6O4S/c1-14(2)10-18(24-15(3)29)22(31)27-9-5-6-17(13-27)28-12-16(25-26-28)11-23-21(30)19-7-8-20(32-19)33-4/h7-8,12,14,17-18H,5-6,9-11,13H2,1-4H3,(H,23,30)(H,24,29). The summed E-state index contributed by atoms with van der Waals surface area (Å²) in [6, 6.07) is 2.87. The average molecular weight is 477 g/mol. The topological polar surface area (TPSA) is 122 Å². The molecule has 3 rings (SSSR count). The largest absolute Gasteiger partial charge is 0.445 e. The number of likely N-dealkylation sites (tertiary alicyclic amines) is 1. The van der Waals surface area contributed by atoms with Crippen LogP contribution in [-0.4, -0.2) is 63.0 Å². The minimum absolute atomic E-state index is 0.00843. The molecule has 3 amide bonds. The lowest BCUT2D eigenvalue weighted by atomic mass is 10.00. The van der Waals surface area contributed by atoms with Gasteiger partial charge in [0.05, 0.1) is 18.8 Å². The molecule has 1 saturated heterocycles. The van der Waals surface area contributed by atoms with E-state index in [1.807, 2.05) is 20.1 Å². The van der Waals surface area contributed by atoms with Crippen LogP contribution >= 0.6 is 11.8 Å². The van der Waals surface area contributed by atoms with Gasteiger partial charge in [0.2, 0.25) is 11.8 Å². The summed E-state index contributed by atoms with van der Waals surface area (Å²) in [6.45, 7) is 6.88. The van der Waals surface area contributed by atoms with Crippen molar-refractivity contribution in [2.75, 3.05) is 19.3 Å². The van der Waals surface area contributed by atoms with Crippen molar-refractivity contribution in [3.63, 3.8) is 0 Å². The lowest BCUT2D eigenvalue weighted by Crippen LogP contribution is -2.51. The molecule has 0 radical (unpaired) electrons. The van der Waals surface area contributed by atoms with Gasteiger partial charge in [-0.05, 0) is 43.6 Å². The Morgan fingerprint density at radius 1 is 1.30 bits per heavy atom. The number of rotatable bonds is 9. The fourth-order valence-corrected chi connectivity index (χ4v) is 4.29. The summed E-state index contributed by atoms with van der Waals surface area (Å²) in [7, 11) is 0. The third-order valence-electron chi connectivity index (χ3n) is 5.46. The highest BCUT2D eigenvalue weighted by molar-refractivity contribution is 7.98. The van der Waals surface area contributed by atoms with Gasteiger partial charge < -0.3 is 20.0 Å². The molecule has 0 aromatic carbocycles. The number of carbonyl (C=O) groups excluding carboxylic acids is 3. The van der Waals surface area contributed by atoms with Crippen molar-refractivity contribution < 1.29 is 18.8 Å². The van der Waals surface area contributed by atoms with E-state index in [-0.39, 0.29) is 42.0 Å². The zero-order valence-electron chi connectivity index (χ0n) is 19.5. The van der Waals surface area contributed by atoms with E-state index in [1.165, 1.54) is 18.7 Å². The Kier molecular flexibility index (Phi) is 8.54. The van der Waals surface area contributed by atoms with Gasteiger partial charge >= 0.3 is 0 Å². The number of hydrogen-bond acceptors (Lipinski definition) is 7. The van der Waals surface area contributed by atoms with E-state index in [2.05, 4.69) is 20.9 Å². The Labute approximate surface area is 197 Å². The van der Waals surface area contributed by atoms with Crippen molar-refractivity contribution in [3.05, 3.63) is 29.8 Å². The summed E-state index contributed by atoms with van der Waals surface area (Å²) in [5.74, 6) is -0.0336. The monoisotopic (exact) mass is 476 g/mol. The molecule has 1 aliphatic rings. The van der Waals surface area contributed by atoms with Gasteiger partial charge in [-0.25, -0.2) is 4.68 Å². The summed E-state index contributed by atoms with van der Waals surface area (Å²) in [5.41, 5.74) is 0.624. The minimum atomic E-state index is -0.518. The van der Waals surface area contributed by atoms with Crippen LogP contribution in [0.25, 0.3) is 0 Å². The second-order valence-electron chi connectivity index (χ2n) is 8.66. The Hall–Kier alpha value is -2.82. The summed E-state index contributed by atoms with van der Waals surface area (Å²) >= 11 is 1.43. The number of amides is 3. The number of thioether (sulfide) groups is 1. The third-order valence-corrected chi connectivity index (χ3v) is 6.08. The number of nitrogens with zero attached hydrogens (tertiary/aromatic N) is 4. The Morgan fingerprint density at radius 3 is 2.76 bits per heavy atom. The number of hydrogen-bond donors (Lipinski definition) is 2. The van der Waals surface area contributed by atoms with Crippen LogP contribution in [0.15, 0.2) is 27.8 Å². The molecular weight excluding hydrogens is 444 g/mol. The first-order chi connectivity index (χ1) is 15.8. The maximum Gasteiger partial charge on any atom is 0.287 e. The van der Waals surface area contributed by atoms with E-state index < -0.39 is 6.04 Å². The Morgan fingerprint density at radius 2 is 2.09 bits per heavy atom. The van der Waals surface area contributed by atoms with Gasteiger partial charge in [0.15, 0.2) is 10.9 Å². The zero-order valence-corrected chi connectivity index (χ0v) is 20.4. The van der Waals surface area contributed by atoms with E-state index in [1.54, 1.807) is 27.9 Å². The maximum absolute atomic E-state index is 13.1. The summed E-state index contributed by atoms with van der Waals surface area (Å²) in [5, 5.41) is 14.7. The molecule has 3 heterocycles. The SMILES string of the molecule is CSc1ccc(C(=O)NCc2cn(C3CCCN(C(=O)C(CC(C)C)NC(C)=O)C3)nn2)o1. The van der Waals surface area contributed by atoms with Crippen molar-refractivity contribution in [2.24, 2.45) is 5.92 Å². The van der Waals surface area contributed by atoms with Crippen LogP contribution in [0.2, 0.25) is 0 Å². The highest BCUT2D eigenvalue weighted by Gasteiger charge is 2.31. The second-order valence-corrected chi connectivity index (χ2v) is 9.47. The first kappa shape index (κ1) is 24.8. The van der Waals surface area contributed by atoms with Crippen LogP contribution in [0.1, 0.15) is 62.3 Å². The van der Waals surface area contributed by atoms with Crippen molar-refractivity contribution in [2.45, 2.75) is 63.8 Å². The molecule has 33 heavy (non-hydrogen) atoms. The molecule has 180 valence electrons. The number of furan rings is 1. The molecule has 2 aromatic rings. The van der Waals surface area contributed by atoms with Gasteiger partial charge in [-0.15, -0.1) is 5.10 Å². The highest BCUT2D eigenvalue weighted by Crippen LogP contribution is 2.22. The van der Waals surface area contributed by atoms with Crippen LogP contribution in [0.3, 0.4) is 0 Å². The quantitative estimate of drug-likeness (QED) is 0.532. The molecule has 0 saturated carbocycles. The van der Waals surface area contributed by atoms with Crippen LogP contribution < -0.4 is 10.6 Å². The fourth-order valence-electron chi connectivity index (χ4n) is 3.91. The molecular formula is C22H32N6O4S. The molecule has 1 fully saturated rings. The average Bonchev–Trinajstić information content (AvgIpc) is 3.46. The Balaban J connectivity index is 1.58. The van der Waals surface area contributed by atoms with Crippen LogP contribution in [0, 0.1) is 5.92 Å². The zero-order chi connectivity index (χ0) is 24.0. The van der Waals surface area contributed by atoms with Crippen molar-refractivity contribution in [1.29, 1.82) is 0 Å². The van der Waals surface area contributed by atoms with Gasteiger partial charge in [0, 0.05) is 20.0 Å². The van der Waals surface area contributed by atoms with Gasteiger partial charge in [0.25, 0.3) is 5.91 Å². The number of piperidine rings is 1. The molecule has 0 spiro atoms. The van der Waals surface area contributed by atoms with E-state index in [4.69, 9.17) is 4.42 Å². The summed E-state index contributed by atoms with van der Waals surface area (Å²) in [6.07, 6.45) is 5.99. The number of carbonyl (C=O) groups is 3. The maximum atomic E-state index is 13.1. The predicted octanol–water partition coefficient (Wildman–Crippen LogP) is 2.24. The van der Waals surface area contributed by atoms with E-state index in [0.717, 1.165) is 12.8 Å². The molecule has 0 bridgehead atoms. The molecule has 2 aromatic heterocycles. The lowest BCUT2D eigenvalue weighted by molar-refractivity contribution is -0.138. The lowest BCUT2D eigenvalue weighted by Gasteiger charge is -2.35. The first-order valence-corrected chi connectivity index (χ1v) is 12.4. The first-order valence-electron chi connectivity index (χ1n) is 11.2. The Bertz CT molecular complexity index is 972. The van der Waals surface area contributed by atoms with Crippen molar-refractivity contribution in [3.8, 4) is 0 Å². The normalized spacial score (nSPS) is 17.1. The van der Waals surface area contributed by atoms with Crippen molar-refractivity contribution >= 4 is 29.5 Å². The van der Waals surface area contributed by atoms with Gasteiger partial charge in [-0.2, -0.15) is 0 Å². The number of aromatic nitrogens is 3. The molecule has 2 N–H and O–H groups in total. The summed E-state index contributed by atoms with van der Waals surface area (Å²) in [4.78, 5) is 38.7. The van der Waals surface area contributed by atoms with E-state index in [9.17, 15) is 14.4 Å². The van der Waals surface area contributed by atoms with Crippen LogP contribution in [0.4, 0.5) is 0 Å². The minimum Gasteiger partial charge on any atom is -0.445 e. The summed E-state index contributed by atoms with van der Waals surface area (Å²) < 4.78 is 7.19. The molecule has 10 nitrogen and oxygen atoms in total. The smallest absolute Gasteiger partial charge is 0.287 e. The van der Waals surface area contributed by atoms with E-state index >= 15 is 0 Å². The van der Waals surface area contributed by atoms with Crippen molar-refractivity contribution in [1.82, 2.24) is 30.5 Å². The molecule has 2 unspecified atom stereocenters. The van der Waals surface area contributed by atoms with E-state index in [0.29, 0.717) is 30.3 Å². The van der Waals surface area contributed by atoms with Crippen LogP contribution in [0.5, 0.6) is 0 Å². The fraction of sp³-hybridized carbons (Fsp3) is 0.591. The third kappa shape index (κ3) is 6.83. The molecule has 0 aliphatic carbocycles. The second kappa shape index (κ2) is 11.4.